The molecule has 0 bridgehead atoms. The number of amides is 2. The molecule has 0 aliphatic carbocycles. The fraction of sp³-hybridized carbons (Fsp3) is 0.364. The number of carbonyl (C=O) groups excluding carboxylic acids is 2. The highest BCUT2D eigenvalue weighted by Crippen LogP contribution is 2.26. The summed E-state index contributed by atoms with van der Waals surface area (Å²) in [6.45, 7) is 4.61. The molecule has 2 aromatic rings. The molecule has 164 valence electrons. The van der Waals surface area contributed by atoms with E-state index in [9.17, 15) is 14.0 Å². The van der Waals surface area contributed by atoms with E-state index in [1.807, 2.05) is 13.8 Å². The SMILES string of the molecule is C#C.CC(C)C1COC(=O)N1c1ccnc(NCc2ccc(C(=O)N(C)C)c(F)c2)n1. The number of halogens is 1. The van der Waals surface area contributed by atoms with Gasteiger partial charge in [0.05, 0.1) is 11.6 Å². The molecule has 1 atom stereocenters. The highest BCUT2D eigenvalue weighted by atomic mass is 19.1. The quantitative estimate of drug-likeness (QED) is 0.713. The zero-order valence-electron chi connectivity index (χ0n) is 18.0. The summed E-state index contributed by atoms with van der Waals surface area (Å²) in [5.41, 5.74) is 0.650. The summed E-state index contributed by atoms with van der Waals surface area (Å²) in [4.78, 5) is 35.4. The fourth-order valence-corrected chi connectivity index (χ4v) is 3.02. The van der Waals surface area contributed by atoms with Crippen LogP contribution in [0.4, 0.5) is 21.0 Å². The molecule has 1 aromatic heterocycles. The van der Waals surface area contributed by atoms with Crippen molar-refractivity contribution in [1.29, 1.82) is 0 Å². The molecule has 1 N–H and O–H groups in total. The summed E-state index contributed by atoms with van der Waals surface area (Å²) in [5, 5.41) is 3.02. The third-order valence-electron chi connectivity index (χ3n) is 4.68. The van der Waals surface area contributed by atoms with Crippen molar-refractivity contribution in [2.75, 3.05) is 30.9 Å². The minimum atomic E-state index is -0.586. The molecule has 0 radical (unpaired) electrons. The Morgan fingerprint density at radius 3 is 2.68 bits per heavy atom. The van der Waals surface area contributed by atoms with Crippen molar-refractivity contribution >= 4 is 23.8 Å². The molecule has 8 nitrogen and oxygen atoms in total. The number of nitrogens with one attached hydrogen (secondary N) is 1. The maximum Gasteiger partial charge on any atom is 0.415 e. The average molecular weight is 427 g/mol. The summed E-state index contributed by atoms with van der Waals surface area (Å²) < 4.78 is 19.4. The van der Waals surface area contributed by atoms with Crippen molar-refractivity contribution < 1.29 is 18.7 Å². The van der Waals surface area contributed by atoms with Gasteiger partial charge in [-0.2, -0.15) is 4.98 Å². The molecular formula is C22H26FN5O3. The molecule has 1 aromatic carbocycles. The van der Waals surface area contributed by atoms with E-state index >= 15 is 0 Å². The molecule has 0 saturated carbocycles. The number of nitrogens with zero attached hydrogens (tertiary/aromatic N) is 4. The predicted molar refractivity (Wildman–Crippen MR) is 116 cm³/mol. The second kappa shape index (κ2) is 10.4. The molecule has 1 saturated heterocycles. The van der Waals surface area contributed by atoms with Gasteiger partial charge in [-0.25, -0.2) is 14.2 Å². The lowest BCUT2D eigenvalue weighted by atomic mass is 10.0. The van der Waals surface area contributed by atoms with Gasteiger partial charge in [0.25, 0.3) is 5.91 Å². The summed E-state index contributed by atoms with van der Waals surface area (Å²) in [6.07, 6.45) is 9.11. The number of terminal acetylenes is 1. The van der Waals surface area contributed by atoms with Gasteiger partial charge in [-0.1, -0.05) is 19.9 Å². The number of rotatable bonds is 6. The third-order valence-corrected chi connectivity index (χ3v) is 4.68. The smallest absolute Gasteiger partial charge is 0.415 e. The zero-order chi connectivity index (χ0) is 23.1. The monoisotopic (exact) mass is 427 g/mol. The van der Waals surface area contributed by atoms with Crippen LogP contribution in [0.2, 0.25) is 0 Å². The van der Waals surface area contributed by atoms with Gasteiger partial charge in [-0.05, 0) is 29.7 Å². The summed E-state index contributed by atoms with van der Waals surface area (Å²) >= 11 is 0. The average Bonchev–Trinajstić information content (AvgIpc) is 3.15. The van der Waals surface area contributed by atoms with Gasteiger partial charge in [-0.15, -0.1) is 12.8 Å². The van der Waals surface area contributed by atoms with Crippen LogP contribution in [-0.2, 0) is 11.3 Å². The van der Waals surface area contributed by atoms with E-state index < -0.39 is 17.8 Å². The van der Waals surface area contributed by atoms with E-state index in [0.717, 1.165) is 0 Å². The van der Waals surface area contributed by atoms with Gasteiger partial charge < -0.3 is 15.0 Å². The van der Waals surface area contributed by atoms with Gasteiger partial charge in [-0.3, -0.25) is 9.69 Å². The molecule has 1 aliphatic heterocycles. The minimum Gasteiger partial charge on any atom is -0.447 e. The molecule has 31 heavy (non-hydrogen) atoms. The van der Waals surface area contributed by atoms with Crippen LogP contribution in [0.5, 0.6) is 0 Å². The van der Waals surface area contributed by atoms with E-state index in [4.69, 9.17) is 4.74 Å². The zero-order valence-corrected chi connectivity index (χ0v) is 18.0. The molecule has 2 amide bonds. The van der Waals surface area contributed by atoms with E-state index in [2.05, 4.69) is 28.1 Å². The first-order valence-electron chi connectivity index (χ1n) is 9.64. The van der Waals surface area contributed by atoms with Gasteiger partial charge in [0.2, 0.25) is 5.95 Å². The summed E-state index contributed by atoms with van der Waals surface area (Å²) in [5.74, 6) is -0.0212. The number of cyclic esters (lactones) is 1. The Morgan fingerprint density at radius 2 is 2.06 bits per heavy atom. The van der Waals surface area contributed by atoms with Crippen LogP contribution in [0.15, 0.2) is 30.5 Å². The second-order valence-electron chi connectivity index (χ2n) is 7.36. The molecule has 1 aliphatic rings. The molecule has 2 heterocycles. The minimum absolute atomic E-state index is 0.0178. The van der Waals surface area contributed by atoms with Crippen molar-refractivity contribution in [3.05, 3.63) is 47.4 Å². The van der Waals surface area contributed by atoms with Crippen LogP contribution in [0.25, 0.3) is 0 Å². The molecular weight excluding hydrogens is 401 g/mol. The van der Waals surface area contributed by atoms with Gasteiger partial charge in [0, 0.05) is 26.8 Å². The van der Waals surface area contributed by atoms with E-state index in [-0.39, 0.29) is 24.1 Å². The number of aromatic nitrogens is 2. The first-order chi connectivity index (χ1) is 14.8. The molecule has 1 unspecified atom stereocenters. The van der Waals surface area contributed by atoms with Crippen molar-refractivity contribution in [3.63, 3.8) is 0 Å². The summed E-state index contributed by atoms with van der Waals surface area (Å²) in [7, 11) is 3.14. The van der Waals surface area contributed by atoms with Crippen LogP contribution in [-0.4, -0.2) is 53.6 Å². The van der Waals surface area contributed by atoms with Gasteiger partial charge in [0.15, 0.2) is 0 Å². The lowest BCUT2D eigenvalue weighted by Crippen LogP contribution is -2.37. The van der Waals surface area contributed by atoms with Crippen molar-refractivity contribution in [1.82, 2.24) is 14.9 Å². The molecule has 3 rings (SSSR count). The number of anilines is 2. The van der Waals surface area contributed by atoms with Gasteiger partial charge in [0.1, 0.15) is 18.2 Å². The largest absolute Gasteiger partial charge is 0.447 e. The Labute approximate surface area is 181 Å². The van der Waals surface area contributed by atoms with E-state index in [0.29, 0.717) is 23.9 Å². The lowest BCUT2D eigenvalue weighted by molar-refractivity contribution is 0.0823. The Hall–Kier alpha value is -3.67. The third kappa shape index (κ3) is 5.48. The Morgan fingerprint density at radius 1 is 1.35 bits per heavy atom. The maximum atomic E-state index is 14.3. The van der Waals surface area contributed by atoms with Crippen molar-refractivity contribution in [2.24, 2.45) is 5.92 Å². The number of hydrogen-bond donors (Lipinski definition) is 1. The number of carbonyl (C=O) groups is 2. The molecule has 9 heteroatoms. The highest BCUT2D eigenvalue weighted by molar-refractivity contribution is 5.94. The first kappa shape index (κ1) is 23.6. The topological polar surface area (TPSA) is 87.7 Å². The maximum absolute atomic E-state index is 14.3. The first-order valence-corrected chi connectivity index (χ1v) is 9.64. The number of ether oxygens (including phenoxy) is 1. The molecule has 0 spiro atoms. The second-order valence-corrected chi connectivity index (χ2v) is 7.36. The van der Waals surface area contributed by atoms with Crippen molar-refractivity contribution in [2.45, 2.75) is 26.4 Å². The Balaban J connectivity index is 0.00000166. The van der Waals surface area contributed by atoms with Crippen LogP contribution >= 0.6 is 0 Å². The van der Waals surface area contributed by atoms with Crippen LogP contribution in [0, 0.1) is 24.6 Å². The Bertz CT molecular complexity index is 961. The Kier molecular flexibility index (Phi) is 7.91. The number of hydrogen-bond acceptors (Lipinski definition) is 6. The fourth-order valence-electron chi connectivity index (χ4n) is 3.02. The van der Waals surface area contributed by atoms with E-state index in [1.54, 1.807) is 32.4 Å². The van der Waals surface area contributed by atoms with Crippen LogP contribution < -0.4 is 10.2 Å². The highest BCUT2D eigenvalue weighted by Gasteiger charge is 2.37. The van der Waals surface area contributed by atoms with E-state index in [1.165, 1.54) is 21.9 Å². The summed E-state index contributed by atoms with van der Waals surface area (Å²) in [6, 6.07) is 5.98. The van der Waals surface area contributed by atoms with Gasteiger partial charge >= 0.3 is 6.09 Å². The standard InChI is InChI=1S/C20H24FN5O3.C2H2/c1-12(2)16-11-29-20(28)26(16)17-7-8-22-19(24-17)23-10-13-5-6-14(15(21)9-13)18(27)25(3)4;1-2/h5-9,12,16H,10-11H2,1-4H3,(H,22,23,24);1-2H. The van der Waals surface area contributed by atoms with Crippen LogP contribution in [0.1, 0.15) is 29.8 Å². The van der Waals surface area contributed by atoms with Crippen LogP contribution in [0.3, 0.4) is 0 Å². The molecule has 1 fully saturated rings. The van der Waals surface area contributed by atoms with Crippen molar-refractivity contribution in [3.8, 4) is 12.8 Å². The predicted octanol–water partition coefficient (Wildman–Crippen LogP) is 3.16. The number of benzene rings is 1. The normalized spacial score (nSPS) is 15.2. The lowest BCUT2D eigenvalue weighted by Gasteiger charge is -2.23.